The van der Waals surface area contributed by atoms with Crippen LogP contribution in [0.4, 0.5) is 5.00 Å². The standard InChI is InChI=1S/C24H30N2O5S/c1-4-30-23(28)18-7-6-12-26(13-18)14-20(27)25-22-21(24(29)31-5-2)19(15-32-22)17-10-8-16(3)9-11-17/h8-11,15,18H,4-7,12-14H2,1-3H3,(H,25,27). The maximum atomic E-state index is 12.8. The molecule has 1 atom stereocenters. The van der Waals surface area contributed by atoms with E-state index in [0.717, 1.165) is 36.1 Å². The Morgan fingerprint density at radius 3 is 2.53 bits per heavy atom. The summed E-state index contributed by atoms with van der Waals surface area (Å²) >= 11 is 1.31. The Hall–Kier alpha value is -2.71. The minimum absolute atomic E-state index is 0.149. The van der Waals surface area contributed by atoms with E-state index in [-0.39, 0.29) is 30.9 Å². The second-order valence-corrected chi connectivity index (χ2v) is 8.69. The summed E-state index contributed by atoms with van der Waals surface area (Å²) in [6.45, 7) is 7.54. The number of esters is 2. The Bertz CT molecular complexity index is 954. The Morgan fingerprint density at radius 1 is 1.12 bits per heavy atom. The summed E-state index contributed by atoms with van der Waals surface area (Å²) in [6.07, 6.45) is 1.61. The van der Waals surface area contributed by atoms with Crippen LogP contribution in [0.5, 0.6) is 0 Å². The van der Waals surface area contributed by atoms with E-state index in [4.69, 9.17) is 9.47 Å². The minimum atomic E-state index is -0.458. The number of carbonyl (C=O) groups excluding carboxylic acids is 3. The summed E-state index contributed by atoms with van der Waals surface area (Å²) in [5, 5.41) is 5.23. The predicted molar refractivity (Wildman–Crippen MR) is 125 cm³/mol. The first-order chi connectivity index (χ1) is 15.4. The van der Waals surface area contributed by atoms with Gasteiger partial charge in [-0.2, -0.15) is 0 Å². The molecule has 2 heterocycles. The summed E-state index contributed by atoms with van der Waals surface area (Å²) in [5.41, 5.74) is 3.13. The number of ether oxygens (including phenoxy) is 2. The van der Waals surface area contributed by atoms with E-state index in [0.29, 0.717) is 23.7 Å². The Kier molecular flexibility index (Phi) is 8.41. The third-order valence-corrected chi connectivity index (χ3v) is 6.27. The number of aryl methyl sites for hydroxylation is 1. The average Bonchev–Trinajstić information content (AvgIpc) is 3.18. The zero-order chi connectivity index (χ0) is 23.1. The van der Waals surface area contributed by atoms with Crippen molar-refractivity contribution in [2.75, 3.05) is 38.2 Å². The van der Waals surface area contributed by atoms with E-state index in [9.17, 15) is 14.4 Å². The van der Waals surface area contributed by atoms with Crippen LogP contribution in [-0.4, -0.2) is 55.6 Å². The third-order valence-electron chi connectivity index (χ3n) is 5.38. The van der Waals surface area contributed by atoms with Crippen molar-refractivity contribution in [3.8, 4) is 11.1 Å². The Labute approximate surface area is 192 Å². The fourth-order valence-electron chi connectivity index (χ4n) is 3.82. The first kappa shape index (κ1) is 23.9. The number of carbonyl (C=O) groups is 3. The molecule has 0 radical (unpaired) electrons. The van der Waals surface area contributed by atoms with Crippen LogP contribution in [0.1, 0.15) is 42.6 Å². The van der Waals surface area contributed by atoms with Gasteiger partial charge < -0.3 is 14.8 Å². The van der Waals surface area contributed by atoms with Crippen LogP contribution in [0.25, 0.3) is 11.1 Å². The highest BCUT2D eigenvalue weighted by molar-refractivity contribution is 7.15. The highest BCUT2D eigenvalue weighted by Gasteiger charge is 2.28. The molecule has 32 heavy (non-hydrogen) atoms. The lowest BCUT2D eigenvalue weighted by atomic mass is 9.98. The number of benzene rings is 1. The maximum absolute atomic E-state index is 12.8. The molecule has 172 valence electrons. The lowest BCUT2D eigenvalue weighted by Crippen LogP contribution is -2.43. The number of nitrogens with zero attached hydrogens (tertiary/aromatic N) is 1. The van der Waals surface area contributed by atoms with Crippen molar-refractivity contribution in [2.45, 2.75) is 33.6 Å². The predicted octanol–water partition coefficient (Wildman–Crippen LogP) is 4.11. The third kappa shape index (κ3) is 5.95. The van der Waals surface area contributed by atoms with Gasteiger partial charge in [0.1, 0.15) is 10.6 Å². The number of rotatable bonds is 8. The fourth-order valence-corrected chi connectivity index (χ4v) is 4.80. The number of anilines is 1. The highest BCUT2D eigenvalue weighted by Crippen LogP contribution is 2.36. The van der Waals surface area contributed by atoms with Gasteiger partial charge in [0, 0.05) is 17.5 Å². The van der Waals surface area contributed by atoms with Crippen molar-refractivity contribution >= 4 is 34.2 Å². The van der Waals surface area contributed by atoms with Gasteiger partial charge in [0.05, 0.1) is 25.7 Å². The number of nitrogens with one attached hydrogen (secondary N) is 1. The molecule has 2 aromatic rings. The Balaban J connectivity index is 1.73. The lowest BCUT2D eigenvalue weighted by Gasteiger charge is -2.30. The molecular weight excluding hydrogens is 428 g/mol. The normalized spacial score (nSPS) is 16.4. The molecule has 0 aliphatic carbocycles. The van der Waals surface area contributed by atoms with Gasteiger partial charge in [-0.3, -0.25) is 14.5 Å². The second-order valence-electron chi connectivity index (χ2n) is 7.81. The Morgan fingerprint density at radius 2 is 1.84 bits per heavy atom. The molecule has 1 aliphatic rings. The molecule has 1 aromatic carbocycles. The highest BCUT2D eigenvalue weighted by atomic mass is 32.1. The monoisotopic (exact) mass is 458 g/mol. The molecule has 0 bridgehead atoms. The van der Waals surface area contributed by atoms with Crippen molar-refractivity contribution in [1.29, 1.82) is 0 Å². The van der Waals surface area contributed by atoms with Gasteiger partial charge in [-0.05, 0) is 45.7 Å². The number of piperidine rings is 1. The van der Waals surface area contributed by atoms with Gasteiger partial charge in [-0.15, -0.1) is 11.3 Å². The lowest BCUT2D eigenvalue weighted by molar-refractivity contribution is -0.150. The SMILES string of the molecule is CCOC(=O)c1c(-c2ccc(C)cc2)csc1NC(=O)CN1CCCC(C(=O)OCC)C1. The van der Waals surface area contributed by atoms with Crippen LogP contribution < -0.4 is 5.32 Å². The molecule has 7 nitrogen and oxygen atoms in total. The van der Waals surface area contributed by atoms with Crippen molar-refractivity contribution in [3.63, 3.8) is 0 Å². The van der Waals surface area contributed by atoms with E-state index in [1.807, 2.05) is 41.5 Å². The quantitative estimate of drug-likeness (QED) is 0.599. The smallest absolute Gasteiger partial charge is 0.341 e. The van der Waals surface area contributed by atoms with E-state index in [1.54, 1.807) is 13.8 Å². The average molecular weight is 459 g/mol. The van der Waals surface area contributed by atoms with E-state index in [1.165, 1.54) is 11.3 Å². The molecular formula is C24H30N2O5S. The molecule has 8 heteroatoms. The minimum Gasteiger partial charge on any atom is -0.466 e. The van der Waals surface area contributed by atoms with Gasteiger partial charge in [0.2, 0.25) is 5.91 Å². The molecule has 1 aliphatic heterocycles. The largest absolute Gasteiger partial charge is 0.466 e. The molecule has 0 spiro atoms. The van der Waals surface area contributed by atoms with Crippen LogP contribution in [0.15, 0.2) is 29.6 Å². The van der Waals surface area contributed by atoms with Crippen molar-refractivity contribution in [2.24, 2.45) is 5.92 Å². The molecule has 1 amide bonds. The molecule has 3 rings (SSSR count). The van der Waals surface area contributed by atoms with Gasteiger partial charge in [0.25, 0.3) is 0 Å². The molecule has 0 saturated carbocycles. The molecule has 1 unspecified atom stereocenters. The number of likely N-dealkylation sites (tertiary alicyclic amines) is 1. The maximum Gasteiger partial charge on any atom is 0.341 e. The molecule has 1 saturated heterocycles. The number of amides is 1. The molecule has 1 aromatic heterocycles. The van der Waals surface area contributed by atoms with Crippen molar-refractivity contribution in [3.05, 3.63) is 40.8 Å². The van der Waals surface area contributed by atoms with Crippen LogP contribution >= 0.6 is 11.3 Å². The van der Waals surface area contributed by atoms with E-state index in [2.05, 4.69) is 5.32 Å². The van der Waals surface area contributed by atoms with Crippen molar-refractivity contribution < 1.29 is 23.9 Å². The zero-order valence-electron chi connectivity index (χ0n) is 18.8. The van der Waals surface area contributed by atoms with E-state index < -0.39 is 5.97 Å². The summed E-state index contributed by atoms with van der Waals surface area (Å²) < 4.78 is 10.4. The van der Waals surface area contributed by atoms with Crippen molar-refractivity contribution in [1.82, 2.24) is 4.90 Å². The number of hydrogen-bond donors (Lipinski definition) is 1. The van der Waals surface area contributed by atoms with Gasteiger partial charge >= 0.3 is 11.9 Å². The van der Waals surface area contributed by atoms with Gasteiger partial charge in [-0.1, -0.05) is 29.8 Å². The van der Waals surface area contributed by atoms with E-state index >= 15 is 0 Å². The van der Waals surface area contributed by atoms with Crippen LogP contribution in [0.2, 0.25) is 0 Å². The van der Waals surface area contributed by atoms with Crippen LogP contribution in [0, 0.1) is 12.8 Å². The first-order valence-electron chi connectivity index (χ1n) is 11.0. The van der Waals surface area contributed by atoms with Crippen LogP contribution in [0.3, 0.4) is 0 Å². The zero-order valence-corrected chi connectivity index (χ0v) is 19.6. The number of thiophene rings is 1. The summed E-state index contributed by atoms with van der Waals surface area (Å²) in [7, 11) is 0. The summed E-state index contributed by atoms with van der Waals surface area (Å²) in [6, 6.07) is 7.87. The summed E-state index contributed by atoms with van der Waals surface area (Å²) in [4.78, 5) is 39.5. The van der Waals surface area contributed by atoms with Gasteiger partial charge in [-0.25, -0.2) is 4.79 Å². The molecule has 1 fully saturated rings. The fraction of sp³-hybridized carbons (Fsp3) is 0.458. The first-order valence-corrected chi connectivity index (χ1v) is 11.8. The number of hydrogen-bond acceptors (Lipinski definition) is 7. The van der Waals surface area contributed by atoms with Crippen LogP contribution in [-0.2, 0) is 19.1 Å². The second kappa shape index (κ2) is 11.2. The molecule has 1 N–H and O–H groups in total. The topological polar surface area (TPSA) is 84.9 Å². The summed E-state index contributed by atoms with van der Waals surface area (Å²) in [5.74, 6) is -1.10. The van der Waals surface area contributed by atoms with Gasteiger partial charge in [0.15, 0.2) is 0 Å².